The lowest BCUT2D eigenvalue weighted by molar-refractivity contribution is 0.301. The van der Waals surface area contributed by atoms with E-state index in [0.717, 1.165) is 49.1 Å². The maximum absolute atomic E-state index is 6.16. The number of benzene rings is 2. The van der Waals surface area contributed by atoms with Crippen LogP contribution in [-0.2, 0) is 13.2 Å². The summed E-state index contributed by atoms with van der Waals surface area (Å²) in [4.78, 5) is 2.41. The van der Waals surface area contributed by atoms with E-state index in [0.29, 0.717) is 6.61 Å². The number of nitrogens with one attached hydrogen (secondary N) is 1. The number of hydrogen-bond donors (Lipinski definition) is 1. The SMILES string of the molecule is CCN(CC)CCNCc1cccc(OCc2ccccc2Cl)c1.Cl.Cl. The third kappa shape index (κ3) is 8.61. The number of ether oxygens (including phenoxy) is 1. The third-order valence-electron chi connectivity index (χ3n) is 4.08. The van der Waals surface area contributed by atoms with Crippen LogP contribution in [0.25, 0.3) is 0 Å². The first kappa shape index (κ1) is 25.0. The number of likely N-dealkylation sites (N-methyl/N-ethyl adjacent to an activating group) is 1. The van der Waals surface area contributed by atoms with Gasteiger partial charge in [0.1, 0.15) is 12.4 Å². The molecule has 0 atom stereocenters. The van der Waals surface area contributed by atoms with Crippen molar-refractivity contribution in [1.29, 1.82) is 0 Å². The van der Waals surface area contributed by atoms with Gasteiger partial charge in [0, 0.05) is 30.2 Å². The summed E-state index contributed by atoms with van der Waals surface area (Å²) in [6.07, 6.45) is 0. The highest BCUT2D eigenvalue weighted by Crippen LogP contribution is 2.19. The van der Waals surface area contributed by atoms with Gasteiger partial charge in [0.15, 0.2) is 0 Å². The molecule has 0 bridgehead atoms. The monoisotopic (exact) mass is 418 g/mol. The minimum absolute atomic E-state index is 0. The van der Waals surface area contributed by atoms with Crippen LogP contribution >= 0.6 is 36.4 Å². The Bertz CT molecular complexity index is 622. The molecule has 0 saturated carbocycles. The van der Waals surface area contributed by atoms with Gasteiger partial charge in [0.25, 0.3) is 0 Å². The molecule has 0 aliphatic rings. The molecule has 0 amide bonds. The zero-order valence-corrected chi connectivity index (χ0v) is 17.8. The summed E-state index contributed by atoms with van der Waals surface area (Å²) >= 11 is 6.16. The Hall–Kier alpha value is -0.970. The van der Waals surface area contributed by atoms with E-state index in [1.807, 2.05) is 36.4 Å². The summed E-state index contributed by atoms with van der Waals surface area (Å²) in [7, 11) is 0. The molecule has 2 rings (SSSR count). The molecule has 1 N–H and O–H groups in total. The number of hydrogen-bond acceptors (Lipinski definition) is 3. The molecule has 0 spiro atoms. The van der Waals surface area contributed by atoms with Gasteiger partial charge < -0.3 is 15.0 Å². The van der Waals surface area contributed by atoms with Crippen molar-refractivity contribution in [3.8, 4) is 5.75 Å². The van der Waals surface area contributed by atoms with Gasteiger partial charge in [-0.3, -0.25) is 0 Å². The summed E-state index contributed by atoms with van der Waals surface area (Å²) in [6.45, 7) is 10.0. The Morgan fingerprint density at radius 2 is 1.73 bits per heavy atom. The second kappa shape index (κ2) is 14.1. The van der Waals surface area contributed by atoms with Gasteiger partial charge >= 0.3 is 0 Å². The Morgan fingerprint density at radius 3 is 2.42 bits per heavy atom. The van der Waals surface area contributed by atoms with E-state index < -0.39 is 0 Å². The first-order chi connectivity index (χ1) is 11.7. The van der Waals surface area contributed by atoms with Crippen molar-refractivity contribution in [3.05, 3.63) is 64.7 Å². The fourth-order valence-electron chi connectivity index (χ4n) is 2.53. The van der Waals surface area contributed by atoms with Crippen LogP contribution in [0, 0.1) is 0 Å². The molecule has 0 aliphatic heterocycles. The van der Waals surface area contributed by atoms with Gasteiger partial charge in [0.2, 0.25) is 0 Å². The Labute approximate surface area is 174 Å². The maximum atomic E-state index is 6.16. The summed E-state index contributed by atoms with van der Waals surface area (Å²) in [5.74, 6) is 0.873. The molecular weight excluding hydrogens is 391 g/mol. The molecule has 0 aromatic heterocycles. The van der Waals surface area contributed by atoms with E-state index in [1.165, 1.54) is 5.56 Å². The second-order valence-electron chi connectivity index (χ2n) is 5.73. The lowest BCUT2D eigenvalue weighted by Gasteiger charge is -2.18. The Kier molecular flexibility index (Phi) is 13.6. The normalized spacial score (nSPS) is 10.2. The van der Waals surface area contributed by atoms with E-state index in [4.69, 9.17) is 16.3 Å². The first-order valence-corrected chi connectivity index (χ1v) is 8.99. The quantitative estimate of drug-likeness (QED) is 0.536. The average molecular weight is 420 g/mol. The predicted octanol–water partition coefficient (Wildman–Crippen LogP) is 5.19. The standard InChI is InChI=1S/C20H27ClN2O.2ClH/c1-3-23(4-2)13-12-22-15-17-8-7-10-19(14-17)24-16-18-9-5-6-11-20(18)21;;/h5-11,14,22H,3-4,12-13,15-16H2,1-2H3;2*1H. The van der Waals surface area contributed by atoms with Crippen LogP contribution in [0.1, 0.15) is 25.0 Å². The lowest BCUT2D eigenvalue weighted by Crippen LogP contribution is -2.31. The van der Waals surface area contributed by atoms with Crippen molar-refractivity contribution in [1.82, 2.24) is 10.2 Å². The van der Waals surface area contributed by atoms with Crippen molar-refractivity contribution in [2.75, 3.05) is 26.2 Å². The molecule has 0 heterocycles. The summed E-state index contributed by atoms with van der Waals surface area (Å²) < 4.78 is 5.87. The lowest BCUT2D eigenvalue weighted by atomic mass is 10.2. The van der Waals surface area contributed by atoms with Gasteiger partial charge in [-0.05, 0) is 36.9 Å². The maximum Gasteiger partial charge on any atom is 0.120 e. The van der Waals surface area contributed by atoms with Crippen molar-refractivity contribution < 1.29 is 4.74 Å². The highest BCUT2D eigenvalue weighted by Gasteiger charge is 2.02. The summed E-state index contributed by atoms with van der Waals surface area (Å²) in [5, 5.41) is 4.23. The fraction of sp³-hybridized carbons (Fsp3) is 0.400. The number of nitrogens with zero attached hydrogens (tertiary/aromatic N) is 1. The molecule has 0 radical (unpaired) electrons. The van der Waals surface area contributed by atoms with Gasteiger partial charge in [-0.25, -0.2) is 0 Å². The number of rotatable bonds is 10. The van der Waals surface area contributed by atoms with E-state index >= 15 is 0 Å². The molecular formula is C20H29Cl3N2O. The van der Waals surface area contributed by atoms with E-state index in [1.54, 1.807) is 0 Å². The molecule has 0 aliphatic carbocycles. The van der Waals surface area contributed by atoms with Crippen molar-refractivity contribution >= 4 is 36.4 Å². The molecule has 2 aromatic carbocycles. The van der Waals surface area contributed by atoms with Crippen molar-refractivity contribution in [3.63, 3.8) is 0 Å². The molecule has 0 unspecified atom stereocenters. The van der Waals surface area contributed by atoms with Crippen LogP contribution in [0.4, 0.5) is 0 Å². The van der Waals surface area contributed by atoms with E-state index in [-0.39, 0.29) is 24.8 Å². The van der Waals surface area contributed by atoms with Crippen molar-refractivity contribution in [2.45, 2.75) is 27.0 Å². The largest absolute Gasteiger partial charge is 0.489 e. The third-order valence-corrected chi connectivity index (χ3v) is 4.45. The van der Waals surface area contributed by atoms with Crippen LogP contribution in [0.2, 0.25) is 5.02 Å². The molecule has 146 valence electrons. The van der Waals surface area contributed by atoms with Crippen LogP contribution in [0.15, 0.2) is 48.5 Å². The van der Waals surface area contributed by atoms with Crippen LogP contribution < -0.4 is 10.1 Å². The van der Waals surface area contributed by atoms with Crippen LogP contribution in [-0.4, -0.2) is 31.1 Å². The van der Waals surface area contributed by atoms with Gasteiger partial charge in [0.05, 0.1) is 0 Å². The molecule has 6 heteroatoms. The topological polar surface area (TPSA) is 24.5 Å². The van der Waals surface area contributed by atoms with Gasteiger partial charge in [-0.15, -0.1) is 24.8 Å². The smallest absolute Gasteiger partial charge is 0.120 e. The van der Waals surface area contributed by atoms with E-state index in [2.05, 4.69) is 36.2 Å². The van der Waals surface area contributed by atoms with Gasteiger partial charge in [-0.2, -0.15) is 0 Å². The summed E-state index contributed by atoms with van der Waals surface area (Å²) in [5.41, 5.74) is 2.23. The predicted molar refractivity (Wildman–Crippen MR) is 116 cm³/mol. The Balaban J connectivity index is 0.00000312. The van der Waals surface area contributed by atoms with Crippen molar-refractivity contribution in [2.24, 2.45) is 0 Å². The molecule has 2 aromatic rings. The Morgan fingerprint density at radius 1 is 1.00 bits per heavy atom. The minimum atomic E-state index is 0. The molecule has 0 fully saturated rings. The van der Waals surface area contributed by atoms with Crippen LogP contribution in [0.3, 0.4) is 0 Å². The first-order valence-electron chi connectivity index (χ1n) is 8.61. The minimum Gasteiger partial charge on any atom is -0.489 e. The summed E-state index contributed by atoms with van der Waals surface area (Å²) in [6, 6.07) is 16.0. The fourth-order valence-corrected chi connectivity index (χ4v) is 2.72. The second-order valence-corrected chi connectivity index (χ2v) is 6.14. The van der Waals surface area contributed by atoms with E-state index in [9.17, 15) is 0 Å². The highest BCUT2D eigenvalue weighted by atomic mass is 35.5. The zero-order chi connectivity index (χ0) is 17.2. The highest BCUT2D eigenvalue weighted by molar-refractivity contribution is 6.31. The zero-order valence-electron chi connectivity index (χ0n) is 15.4. The average Bonchev–Trinajstić information content (AvgIpc) is 2.61. The van der Waals surface area contributed by atoms with Gasteiger partial charge in [-0.1, -0.05) is 55.8 Å². The molecule has 26 heavy (non-hydrogen) atoms. The molecule has 3 nitrogen and oxygen atoms in total. The van der Waals surface area contributed by atoms with Crippen LogP contribution in [0.5, 0.6) is 5.75 Å². The molecule has 0 saturated heterocycles. The number of halogens is 3.